The molecule has 1 amide bonds. The predicted molar refractivity (Wildman–Crippen MR) is 118 cm³/mol. The third-order valence-corrected chi connectivity index (χ3v) is 6.71. The SMILES string of the molecule is Cc1ccc(-c2c(C#N)c(N)nc3sc(C(=O)N4CCC(C)CC4)c(N)c23)cc1. The Hall–Kier alpha value is -3.11. The second kappa shape index (κ2) is 7.37. The van der Waals surface area contributed by atoms with E-state index in [0.717, 1.165) is 37.1 Å². The van der Waals surface area contributed by atoms with E-state index in [1.54, 1.807) is 0 Å². The van der Waals surface area contributed by atoms with Gasteiger partial charge >= 0.3 is 0 Å². The minimum absolute atomic E-state index is 0.0654. The zero-order chi connectivity index (χ0) is 20.7. The molecule has 6 nitrogen and oxygen atoms in total. The van der Waals surface area contributed by atoms with Gasteiger partial charge in [0.25, 0.3) is 5.91 Å². The largest absolute Gasteiger partial charge is 0.397 e. The average Bonchev–Trinajstić information content (AvgIpc) is 3.03. The van der Waals surface area contributed by atoms with Gasteiger partial charge in [-0.3, -0.25) is 4.79 Å². The number of nitrogens with two attached hydrogens (primary N) is 2. The van der Waals surface area contributed by atoms with Gasteiger partial charge in [-0.05, 0) is 31.2 Å². The zero-order valence-electron chi connectivity index (χ0n) is 16.5. The van der Waals surface area contributed by atoms with E-state index in [2.05, 4.69) is 18.0 Å². The molecule has 0 radical (unpaired) electrons. The molecule has 3 heterocycles. The van der Waals surface area contributed by atoms with Gasteiger partial charge in [0.2, 0.25) is 0 Å². The van der Waals surface area contributed by atoms with Crippen molar-refractivity contribution < 1.29 is 4.79 Å². The molecule has 1 aromatic carbocycles. The number of nitrogen functional groups attached to an aromatic ring is 2. The van der Waals surface area contributed by atoms with Gasteiger partial charge in [0, 0.05) is 24.0 Å². The highest BCUT2D eigenvalue weighted by Gasteiger charge is 2.28. The number of likely N-dealkylation sites (tertiary alicyclic amines) is 1. The number of carbonyl (C=O) groups is 1. The van der Waals surface area contributed by atoms with E-state index in [-0.39, 0.29) is 17.3 Å². The Bertz CT molecular complexity index is 1130. The lowest BCUT2D eigenvalue weighted by atomic mass is 9.96. The number of pyridine rings is 1. The van der Waals surface area contributed by atoms with E-state index in [1.807, 2.05) is 36.1 Å². The van der Waals surface area contributed by atoms with Crippen molar-refractivity contribution in [2.24, 2.45) is 5.92 Å². The number of carbonyl (C=O) groups excluding carboxylic acids is 1. The summed E-state index contributed by atoms with van der Waals surface area (Å²) in [5.41, 5.74) is 15.8. The fourth-order valence-corrected chi connectivity index (χ4v) is 4.89. The molecule has 3 aromatic rings. The van der Waals surface area contributed by atoms with E-state index in [0.29, 0.717) is 32.3 Å². The molecular formula is C22H23N5OS. The quantitative estimate of drug-likeness (QED) is 0.665. The summed E-state index contributed by atoms with van der Waals surface area (Å²) in [5, 5.41) is 10.4. The highest BCUT2D eigenvalue weighted by Crippen LogP contribution is 2.43. The molecule has 0 saturated carbocycles. The van der Waals surface area contributed by atoms with Crippen LogP contribution in [-0.4, -0.2) is 28.9 Å². The number of aromatic nitrogens is 1. The summed E-state index contributed by atoms with van der Waals surface area (Å²) >= 11 is 1.26. The number of rotatable bonds is 2. The van der Waals surface area contributed by atoms with Crippen LogP contribution >= 0.6 is 11.3 Å². The van der Waals surface area contributed by atoms with Crippen molar-refractivity contribution in [3.8, 4) is 17.2 Å². The van der Waals surface area contributed by atoms with Crippen molar-refractivity contribution in [2.75, 3.05) is 24.6 Å². The molecule has 4 N–H and O–H groups in total. The maximum Gasteiger partial charge on any atom is 0.266 e. The van der Waals surface area contributed by atoms with Crippen LogP contribution in [0.1, 0.15) is 40.6 Å². The van der Waals surface area contributed by atoms with Crippen LogP contribution in [0.4, 0.5) is 11.5 Å². The molecule has 1 saturated heterocycles. The lowest BCUT2D eigenvalue weighted by molar-refractivity contribution is 0.0703. The Labute approximate surface area is 173 Å². The van der Waals surface area contributed by atoms with E-state index < -0.39 is 0 Å². The molecule has 0 unspecified atom stereocenters. The Morgan fingerprint density at radius 2 is 1.90 bits per heavy atom. The highest BCUT2D eigenvalue weighted by molar-refractivity contribution is 7.21. The first kappa shape index (κ1) is 19.2. The molecule has 0 aliphatic carbocycles. The minimum Gasteiger partial charge on any atom is -0.397 e. The molecule has 0 atom stereocenters. The topological polar surface area (TPSA) is 109 Å². The number of hydrogen-bond donors (Lipinski definition) is 2. The van der Waals surface area contributed by atoms with Crippen LogP contribution in [0.3, 0.4) is 0 Å². The van der Waals surface area contributed by atoms with Gasteiger partial charge in [-0.15, -0.1) is 11.3 Å². The summed E-state index contributed by atoms with van der Waals surface area (Å²) in [6.45, 7) is 5.68. The van der Waals surface area contributed by atoms with Crippen LogP contribution < -0.4 is 11.5 Å². The van der Waals surface area contributed by atoms with Crippen LogP contribution in [-0.2, 0) is 0 Å². The maximum absolute atomic E-state index is 13.2. The summed E-state index contributed by atoms with van der Waals surface area (Å²) < 4.78 is 0. The fourth-order valence-electron chi connectivity index (χ4n) is 3.81. The zero-order valence-corrected chi connectivity index (χ0v) is 17.3. The molecule has 29 heavy (non-hydrogen) atoms. The monoisotopic (exact) mass is 405 g/mol. The minimum atomic E-state index is -0.0654. The van der Waals surface area contributed by atoms with E-state index in [9.17, 15) is 10.1 Å². The van der Waals surface area contributed by atoms with Crippen molar-refractivity contribution in [1.29, 1.82) is 5.26 Å². The summed E-state index contributed by atoms with van der Waals surface area (Å²) in [7, 11) is 0. The molecule has 0 bridgehead atoms. The Kier molecular flexibility index (Phi) is 4.89. The molecule has 1 aliphatic heterocycles. The first-order chi connectivity index (χ1) is 13.9. The fraction of sp³-hybridized carbons (Fsp3) is 0.318. The number of thiophene rings is 1. The van der Waals surface area contributed by atoms with Gasteiger partial charge in [0.05, 0.1) is 5.69 Å². The number of benzene rings is 1. The van der Waals surface area contributed by atoms with Crippen LogP contribution in [0.15, 0.2) is 24.3 Å². The average molecular weight is 406 g/mol. The summed E-state index contributed by atoms with van der Waals surface area (Å²) in [4.78, 5) is 20.5. The van der Waals surface area contributed by atoms with Crippen LogP contribution in [0.5, 0.6) is 0 Å². The number of hydrogen-bond acceptors (Lipinski definition) is 6. The van der Waals surface area contributed by atoms with Gasteiger partial charge in [-0.1, -0.05) is 36.8 Å². The molecule has 4 rings (SSSR count). The summed E-state index contributed by atoms with van der Waals surface area (Å²) in [6, 6.07) is 10.00. The Morgan fingerprint density at radius 1 is 1.24 bits per heavy atom. The first-order valence-corrected chi connectivity index (χ1v) is 10.5. The lowest BCUT2D eigenvalue weighted by Gasteiger charge is -2.30. The number of aryl methyl sites for hydroxylation is 1. The van der Waals surface area contributed by atoms with Gasteiger partial charge in [0.15, 0.2) is 0 Å². The Morgan fingerprint density at radius 3 is 2.52 bits per heavy atom. The van der Waals surface area contributed by atoms with Gasteiger partial charge in [0.1, 0.15) is 27.2 Å². The van der Waals surface area contributed by atoms with E-state index in [4.69, 9.17) is 11.5 Å². The molecule has 1 fully saturated rings. The van der Waals surface area contributed by atoms with Gasteiger partial charge < -0.3 is 16.4 Å². The molecule has 0 spiro atoms. The maximum atomic E-state index is 13.2. The van der Waals surface area contributed by atoms with Gasteiger partial charge in [-0.2, -0.15) is 5.26 Å². The normalized spacial score (nSPS) is 14.9. The van der Waals surface area contributed by atoms with Crippen molar-refractivity contribution in [1.82, 2.24) is 9.88 Å². The van der Waals surface area contributed by atoms with Crippen LogP contribution in [0.25, 0.3) is 21.3 Å². The molecule has 2 aromatic heterocycles. The molecule has 7 heteroatoms. The number of nitriles is 1. The molecule has 148 valence electrons. The van der Waals surface area contributed by atoms with E-state index >= 15 is 0 Å². The number of amides is 1. The van der Waals surface area contributed by atoms with Crippen molar-refractivity contribution in [2.45, 2.75) is 26.7 Å². The summed E-state index contributed by atoms with van der Waals surface area (Å²) in [5.74, 6) is 0.721. The number of nitrogens with zero attached hydrogens (tertiary/aromatic N) is 3. The van der Waals surface area contributed by atoms with Crippen LogP contribution in [0.2, 0.25) is 0 Å². The van der Waals surface area contributed by atoms with Crippen molar-refractivity contribution in [3.63, 3.8) is 0 Å². The third-order valence-electron chi connectivity index (χ3n) is 5.62. The van der Waals surface area contributed by atoms with Crippen molar-refractivity contribution >= 4 is 39.0 Å². The third kappa shape index (κ3) is 3.30. The lowest BCUT2D eigenvalue weighted by Crippen LogP contribution is -2.37. The number of fused-ring (bicyclic) bond motifs is 1. The molecule has 1 aliphatic rings. The van der Waals surface area contributed by atoms with Gasteiger partial charge in [-0.25, -0.2) is 4.98 Å². The predicted octanol–water partition coefficient (Wildman–Crippen LogP) is 4.18. The number of anilines is 2. The Balaban J connectivity index is 1.90. The second-order valence-corrected chi connectivity index (χ2v) is 8.72. The number of piperidine rings is 1. The second-order valence-electron chi connectivity index (χ2n) is 7.72. The first-order valence-electron chi connectivity index (χ1n) is 9.68. The smallest absolute Gasteiger partial charge is 0.266 e. The molecular weight excluding hydrogens is 382 g/mol. The van der Waals surface area contributed by atoms with E-state index in [1.165, 1.54) is 11.3 Å². The highest BCUT2D eigenvalue weighted by atomic mass is 32.1. The van der Waals surface area contributed by atoms with Crippen LogP contribution in [0, 0.1) is 24.2 Å². The standard InChI is InChI=1S/C22H23N5OS/c1-12-3-5-14(6-4-12)16-15(11-23)20(25)26-21-17(16)18(24)19(29-21)22(28)27-9-7-13(2)8-10-27/h3-6,13H,7-10,24H2,1-2H3,(H2,25,26). The van der Waals surface area contributed by atoms with Crippen molar-refractivity contribution in [3.05, 3.63) is 40.3 Å². The summed E-state index contributed by atoms with van der Waals surface area (Å²) in [6.07, 6.45) is 1.99.